The summed E-state index contributed by atoms with van der Waals surface area (Å²) in [5, 5.41) is 7.57. The lowest BCUT2D eigenvalue weighted by atomic mass is 10.3. The minimum absolute atomic E-state index is 0.0571. The van der Waals surface area contributed by atoms with Crippen LogP contribution in [0.15, 0.2) is 6.20 Å². The Morgan fingerprint density at radius 2 is 2.06 bits per heavy atom. The summed E-state index contributed by atoms with van der Waals surface area (Å²) >= 11 is 5.57. The monoisotopic (exact) mass is 265 g/mol. The van der Waals surface area contributed by atoms with E-state index in [2.05, 4.69) is 10.3 Å². The van der Waals surface area contributed by atoms with Crippen LogP contribution in [0.25, 0.3) is 0 Å². The first kappa shape index (κ1) is 13.4. The zero-order valence-corrected chi connectivity index (χ0v) is 11.2. The quantitative estimate of drug-likeness (QED) is 0.768. The average molecular weight is 266 g/mol. The van der Waals surface area contributed by atoms with Crippen molar-refractivity contribution in [3.05, 3.63) is 11.9 Å². The van der Waals surface area contributed by atoms with E-state index in [0.717, 1.165) is 0 Å². The van der Waals surface area contributed by atoms with E-state index in [0.29, 0.717) is 12.2 Å². The molecule has 0 spiro atoms. The zero-order chi connectivity index (χ0) is 12.4. The molecule has 0 aromatic carbocycles. The molecular weight excluding hydrogens is 250 g/mol. The number of halogens is 1. The van der Waals surface area contributed by atoms with E-state index in [-0.39, 0.29) is 11.6 Å². The fourth-order valence-corrected chi connectivity index (χ4v) is 2.19. The minimum Gasteiger partial charge on any atom is -0.251 e. The molecule has 92 valence electrons. The van der Waals surface area contributed by atoms with Gasteiger partial charge in [0.25, 0.3) is 0 Å². The van der Waals surface area contributed by atoms with Crippen molar-refractivity contribution in [2.75, 3.05) is 5.75 Å². The highest BCUT2D eigenvalue weighted by Gasteiger charge is 2.28. The number of aromatic nitrogens is 3. The molecule has 1 heterocycles. The van der Waals surface area contributed by atoms with Crippen LogP contribution in [-0.4, -0.2) is 33.9 Å². The molecular formula is C9H16ClN3O2S. The highest BCUT2D eigenvalue weighted by molar-refractivity contribution is 7.92. The van der Waals surface area contributed by atoms with Gasteiger partial charge in [-0.1, -0.05) is 5.21 Å². The smallest absolute Gasteiger partial charge is 0.157 e. The fourth-order valence-electron chi connectivity index (χ4n) is 1.03. The molecule has 0 fully saturated rings. The van der Waals surface area contributed by atoms with Crippen LogP contribution in [0.1, 0.15) is 26.5 Å². The van der Waals surface area contributed by atoms with Gasteiger partial charge in [0.05, 0.1) is 28.6 Å². The van der Waals surface area contributed by atoms with Gasteiger partial charge < -0.3 is 0 Å². The van der Waals surface area contributed by atoms with Crippen molar-refractivity contribution >= 4 is 21.4 Å². The van der Waals surface area contributed by atoms with Crippen LogP contribution in [-0.2, 0) is 22.3 Å². The standard InChI is InChI=1S/C9H16ClN3O2S/c1-9(2,3)16(14,15)5-4-13-7-8(6-10)11-12-13/h7H,4-6H2,1-3H3. The van der Waals surface area contributed by atoms with E-state index in [1.807, 2.05) is 0 Å². The third-order valence-electron chi connectivity index (χ3n) is 2.25. The fraction of sp³-hybridized carbons (Fsp3) is 0.778. The van der Waals surface area contributed by atoms with Crippen molar-refractivity contribution in [3.8, 4) is 0 Å². The van der Waals surface area contributed by atoms with E-state index in [9.17, 15) is 8.42 Å². The van der Waals surface area contributed by atoms with Crippen LogP contribution in [0.2, 0.25) is 0 Å². The minimum atomic E-state index is -3.11. The molecule has 0 N–H and O–H groups in total. The summed E-state index contributed by atoms with van der Waals surface area (Å²) in [5.74, 6) is 0.341. The Balaban J connectivity index is 2.65. The van der Waals surface area contributed by atoms with E-state index in [1.54, 1.807) is 27.0 Å². The molecule has 0 saturated carbocycles. The molecule has 0 bridgehead atoms. The van der Waals surface area contributed by atoms with Crippen molar-refractivity contribution in [1.29, 1.82) is 0 Å². The molecule has 5 nitrogen and oxygen atoms in total. The van der Waals surface area contributed by atoms with Gasteiger partial charge in [0, 0.05) is 6.20 Å². The number of sulfone groups is 1. The van der Waals surface area contributed by atoms with Crippen LogP contribution >= 0.6 is 11.6 Å². The normalized spacial score (nSPS) is 13.0. The predicted octanol–water partition coefficient (Wildman–Crippen LogP) is 1.23. The van der Waals surface area contributed by atoms with Gasteiger partial charge in [-0.3, -0.25) is 4.68 Å². The van der Waals surface area contributed by atoms with Crippen LogP contribution < -0.4 is 0 Å². The maximum absolute atomic E-state index is 11.8. The predicted molar refractivity (Wildman–Crippen MR) is 63.1 cm³/mol. The lowest BCUT2D eigenvalue weighted by molar-refractivity contribution is 0.545. The summed E-state index contributed by atoms with van der Waals surface area (Å²) in [7, 11) is -3.11. The summed E-state index contributed by atoms with van der Waals surface area (Å²) in [4.78, 5) is 0. The molecule has 1 aromatic heterocycles. The van der Waals surface area contributed by atoms with Crippen molar-refractivity contribution in [2.45, 2.75) is 37.9 Å². The highest BCUT2D eigenvalue weighted by Crippen LogP contribution is 2.16. The largest absolute Gasteiger partial charge is 0.251 e. The van der Waals surface area contributed by atoms with Gasteiger partial charge in [0.2, 0.25) is 0 Å². The number of hydrogen-bond donors (Lipinski definition) is 0. The molecule has 0 aliphatic rings. The van der Waals surface area contributed by atoms with Gasteiger partial charge in [0.1, 0.15) is 0 Å². The summed E-state index contributed by atoms with van der Waals surface area (Å²) in [5.41, 5.74) is 0.648. The van der Waals surface area contributed by atoms with Crippen molar-refractivity contribution in [2.24, 2.45) is 0 Å². The van der Waals surface area contributed by atoms with Crippen molar-refractivity contribution in [3.63, 3.8) is 0 Å². The van der Waals surface area contributed by atoms with Gasteiger partial charge in [0.15, 0.2) is 9.84 Å². The topological polar surface area (TPSA) is 64.8 Å². The van der Waals surface area contributed by atoms with Gasteiger partial charge in [-0.2, -0.15) is 0 Å². The third kappa shape index (κ3) is 3.18. The van der Waals surface area contributed by atoms with Crippen LogP contribution in [0, 0.1) is 0 Å². The summed E-state index contributed by atoms with van der Waals surface area (Å²) < 4.78 is 24.4. The Morgan fingerprint density at radius 3 is 2.50 bits per heavy atom. The number of alkyl halides is 1. The van der Waals surface area contributed by atoms with E-state index in [1.165, 1.54) is 4.68 Å². The van der Waals surface area contributed by atoms with Crippen molar-refractivity contribution < 1.29 is 8.42 Å². The van der Waals surface area contributed by atoms with Crippen LogP contribution in [0.5, 0.6) is 0 Å². The second-order valence-electron chi connectivity index (χ2n) is 4.54. The van der Waals surface area contributed by atoms with E-state index in [4.69, 9.17) is 11.6 Å². The number of rotatable bonds is 4. The van der Waals surface area contributed by atoms with Crippen LogP contribution in [0.3, 0.4) is 0 Å². The number of hydrogen-bond acceptors (Lipinski definition) is 4. The van der Waals surface area contributed by atoms with Gasteiger partial charge in [-0.05, 0) is 20.8 Å². The first-order chi connectivity index (χ1) is 7.26. The number of aryl methyl sites for hydroxylation is 1. The lowest BCUT2D eigenvalue weighted by Crippen LogP contribution is -2.32. The Morgan fingerprint density at radius 1 is 1.44 bits per heavy atom. The molecule has 16 heavy (non-hydrogen) atoms. The van der Waals surface area contributed by atoms with Gasteiger partial charge >= 0.3 is 0 Å². The van der Waals surface area contributed by atoms with E-state index >= 15 is 0 Å². The molecule has 1 rings (SSSR count). The lowest BCUT2D eigenvalue weighted by Gasteiger charge is -2.18. The molecule has 1 aromatic rings. The van der Waals surface area contributed by atoms with Gasteiger partial charge in [-0.15, -0.1) is 16.7 Å². The summed E-state index contributed by atoms with van der Waals surface area (Å²) in [6.07, 6.45) is 1.66. The molecule has 0 unspecified atom stereocenters. The molecule has 0 atom stereocenters. The molecule has 0 radical (unpaired) electrons. The molecule has 0 amide bonds. The highest BCUT2D eigenvalue weighted by atomic mass is 35.5. The Bertz CT molecular complexity index is 448. The number of nitrogens with zero attached hydrogens (tertiary/aromatic N) is 3. The average Bonchev–Trinajstić information content (AvgIpc) is 2.60. The Kier molecular flexibility index (Phi) is 3.96. The van der Waals surface area contributed by atoms with E-state index < -0.39 is 14.6 Å². The third-order valence-corrected chi connectivity index (χ3v) is 5.11. The molecule has 7 heteroatoms. The molecule has 0 aliphatic carbocycles. The molecule has 0 aliphatic heterocycles. The summed E-state index contributed by atoms with van der Waals surface area (Å²) in [6.45, 7) is 5.37. The first-order valence-corrected chi connectivity index (χ1v) is 7.12. The van der Waals surface area contributed by atoms with Crippen LogP contribution in [0.4, 0.5) is 0 Å². The Hall–Kier alpha value is -0.620. The second kappa shape index (κ2) is 4.71. The van der Waals surface area contributed by atoms with Crippen molar-refractivity contribution in [1.82, 2.24) is 15.0 Å². The molecule has 0 saturated heterocycles. The Labute approximate surface area is 101 Å². The zero-order valence-electron chi connectivity index (χ0n) is 9.64. The maximum atomic E-state index is 11.8. The van der Waals surface area contributed by atoms with Gasteiger partial charge in [-0.25, -0.2) is 8.42 Å². The second-order valence-corrected chi connectivity index (χ2v) is 7.67. The summed E-state index contributed by atoms with van der Waals surface area (Å²) in [6, 6.07) is 0. The maximum Gasteiger partial charge on any atom is 0.157 e. The first-order valence-electron chi connectivity index (χ1n) is 4.93. The SMILES string of the molecule is CC(C)(C)S(=O)(=O)CCn1cc(CCl)nn1.